The van der Waals surface area contributed by atoms with Crippen molar-refractivity contribution >= 4 is 0 Å². The molecule has 56 valence electrons. The van der Waals surface area contributed by atoms with Crippen LogP contribution in [0.4, 0.5) is 0 Å². The maximum atomic E-state index is 2.30. The fourth-order valence-corrected chi connectivity index (χ4v) is 1.50. The van der Waals surface area contributed by atoms with Gasteiger partial charge in [-0.1, -0.05) is 53.4 Å². The second kappa shape index (κ2) is 3.92. The largest absolute Gasteiger partial charge is 0.0649 e. The van der Waals surface area contributed by atoms with Crippen LogP contribution in [0.15, 0.2) is 0 Å². The molecule has 0 aliphatic carbocycles. The molecule has 0 unspecified atom stereocenters. The molecule has 0 N–H and O–H groups in total. The van der Waals surface area contributed by atoms with Gasteiger partial charge in [0.05, 0.1) is 0 Å². The molecule has 0 aromatic heterocycles. The van der Waals surface area contributed by atoms with Crippen molar-refractivity contribution in [3.05, 3.63) is 0 Å². The van der Waals surface area contributed by atoms with Crippen LogP contribution in [0.2, 0.25) is 0 Å². The Hall–Kier alpha value is 0. The molecule has 9 heavy (non-hydrogen) atoms. The molecule has 0 saturated heterocycles. The maximum Gasteiger partial charge on any atom is -0.0308 e. The summed E-state index contributed by atoms with van der Waals surface area (Å²) < 4.78 is 0. The van der Waals surface area contributed by atoms with Gasteiger partial charge in [-0.25, -0.2) is 0 Å². The lowest BCUT2D eigenvalue weighted by Gasteiger charge is -2.28. The molecule has 0 heterocycles. The molecule has 0 aromatic carbocycles. The quantitative estimate of drug-likeness (QED) is 0.542. The zero-order valence-corrected chi connectivity index (χ0v) is 7.33. The van der Waals surface area contributed by atoms with E-state index in [0.29, 0.717) is 5.41 Å². The SMILES string of the molecule is CCC(CC)(CC)CC. The third-order valence-electron chi connectivity index (χ3n) is 3.00. The predicted molar refractivity (Wildman–Crippen MR) is 43.6 cm³/mol. The first-order valence-electron chi connectivity index (χ1n) is 4.24. The van der Waals surface area contributed by atoms with Crippen LogP contribution in [0.3, 0.4) is 0 Å². The lowest BCUT2D eigenvalue weighted by molar-refractivity contribution is 0.240. The van der Waals surface area contributed by atoms with Crippen molar-refractivity contribution in [3.63, 3.8) is 0 Å². The first-order valence-corrected chi connectivity index (χ1v) is 4.24. The van der Waals surface area contributed by atoms with Crippen LogP contribution in [0.1, 0.15) is 53.4 Å². The first kappa shape index (κ1) is 9.00. The summed E-state index contributed by atoms with van der Waals surface area (Å²) in [5, 5.41) is 0. The summed E-state index contributed by atoms with van der Waals surface area (Å²) in [6.45, 7) is 9.21. The Bertz CT molecular complexity index is 42.9. The minimum Gasteiger partial charge on any atom is -0.0649 e. The van der Waals surface area contributed by atoms with Gasteiger partial charge in [-0.05, 0) is 5.41 Å². The molecule has 0 radical (unpaired) electrons. The van der Waals surface area contributed by atoms with E-state index in [1.54, 1.807) is 0 Å². The highest BCUT2D eigenvalue weighted by Gasteiger charge is 2.20. The molecule has 0 aromatic rings. The van der Waals surface area contributed by atoms with Crippen molar-refractivity contribution in [2.24, 2.45) is 5.41 Å². The maximum absolute atomic E-state index is 2.30. The van der Waals surface area contributed by atoms with Gasteiger partial charge in [0, 0.05) is 0 Å². The molecule has 0 bridgehead atoms. The van der Waals surface area contributed by atoms with Crippen LogP contribution in [0.25, 0.3) is 0 Å². The minimum atomic E-state index is 0.667. The first-order chi connectivity index (χ1) is 4.24. The van der Waals surface area contributed by atoms with E-state index in [9.17, 15) is 0 Å². The summed E-state index contributed by atoms with van der Waals surface area (Å²) in [6, 6.07) is 0. The molecule has 0 amide bonds. The van der Waals surface area contributed by atoms with Crippen LogP contribution in [-0.2, 0) is 0 Å². The van der Waals surface area contributed by atoms with E-state index in [4.69, 9.17) is 0 Å². The van der Waals surface area contributed by atoms with Crippen molar-refractivity contribution in [2.45, 2.75) is 53.4 Å². The third kappa shape index (κ3) is 2.00. The van der Waals surface area contributed by atoms with Crippen molar-refractivity contribution in [3.8, 4) is 0 Å². The Labute approximate surface area is 59.7 Å². The van der Waals surface area contributed by atoms with Crippen LogP contribution < -0.4 is 0 Å². The standard InChI is InChI=1S/C9H20/c1-5-9(6-2,7-3)8-4/h5-8H2,1-4H3. The van der Waals surface area contributed by atoms with Gasteiger partial charge in [-0.3, -0.25) is 0 Å². The van der Waals surface area contributed by atoms with Gasteiger partial charge < -0.3 is 0 Å². The average Bonchev–Trinajstić information content (AvgIpc) is 1.95. The molecule has 0 rings (SSSR count). The van der Waals surface area contributed by atoms with E-state index in [1.165, 1.54) is 25.7 Å². The van der Waals surface area contributed by atoms with E-state index < -0.39 is 0 Å². The number of hydrogen-bond acceptors (Lipinski definition) is 0. The second-order valence-corrected chi connectivity index (χ2v) is 2.91. The lowest BCUT2D eigenvalue weighted by Crippen LogP contribution is -2.15. The highest BCUT2D eigenvalue weighted by atomic mass is 14.3. The van der Waals surface area contributed by atoms with E-state index in [0.717, 1.165) is 0 Å². The summed E-state index contributed by atoms with van der Waals surface area (Å²) in [6.07, 6.45) is 5.38. The molecule has 0 saturated carbocycles. The van der Waals surface area contributed by atoms with Crippen LogP contribution >= 0.6 is 0 Å². The predicted octanol–water partition coefficient (Wildman–Crippen LogP) is 3.61. The fourth-order valence-electron chi connectivity index (χ4n) is 1.50. The number of hydrogen-bond donors (Lipinski definition) is 0. The molecular weight excluding hydrogens is 108 g/mol. The lowest BCUT2D eigenvalue weighted by atomic mass is 9.78. The fraction of sp³-hybridized carbons (Fsp3) is 1.00. The van der Waals surface area contributed by atoms with Gasteiger partial charge in [0.15, 0.2) is 0 Å². The van der Waals surface area contributed by atoms with Gasteiger partial charge in [0.25, 0.3) is 0 Å². The molecule has 0 heteroatoms. The van der Waals surface area contributed by atoms with E-state index in [2.05, 4.69) is 27.7 Å². The summed E-state index contributed by atoms with van der Waals surface area (Å²) in [7, 11) is 0. The highest BCUT2D eigenvalue weighted by Crippen LogP contribution is 2.33. The Kier molecular flexibility index (Phi) is 3.92. The second-order valence-electron chi connectivity index (χ2n) is 2.91. The van der Waals surface area contributed by atoms with Gasteiger partial charge >= 0.3 is 0 Å². The minimum absolute atomic E-state index is 0.667. The normalized spacial score (nSPS) is 12.0. The molecule has 0 fully saturated rings. The molecular formula is C9H20. The Balaban J connectivity index is 3.82. The Morgan fingerprint density at radius 3 is 0.889 bits per heavy atom. The molecule has 0 aliphatic rings. The van der Waals surface area contributed by atoms with Crippen molar-refractivity contribution < 1.29 is 0 Å². The molecule has 0 aliphatic heterocycles. The molecule has 0 atom stereocenters. The van der Waals surface area contributed by atoms with Crippen molar-refractivity contribution in [1.29, 1.82) is 0 Å². The summed E-state index contributed by atoms with van der Waals surface area (Å²) in [4.78, 5) is 0. The summed E-state index contributed by atoms with van der Waals surface area (Å²) in [5.74, 6) is 0. The summed E-state index contributed by atoms with van der Waals surface area (Å²) in [5.41, 5.74) is 0.667. The molecule has 0 spiro atoms. The Morgan fingerprint density at radius 1 is 0.667 bits per heavy atom. The van der Waals surface area contributed by atoms with Gasteiger partial charge in [-0.2, -0.15) is 0 Å². The van der Waals surface area contributed by atoms with Crippen molar-refractivity contribution in [2.75, 3.05) is 0 Å². The van der Waals surface area contributed by atoms with Gasteiger partial charge in [-0.15, -0.1) is 0 Å². The van der Waals surface area contributed by atoms with Crippen molar-refractivity contribution in [1.82, 2.24) is 0 Å². The van der Waals surface area contributed by atoms with Crippen LogP contribution in [0, 0.1) is 5.41 Å². The Morgan fingerprint density at radius 2 is 0.889 bits per heavy atom. The van der Waals surface area contributed by atoms with Crippen LogP contribution in [0.5, 0.6) is 0 Å². The van der Waals surface area contributed by atoms with Crippen LogP contribution in [-0.4, -0.2) is 0 Å². The zero-order chi connectivity index (χ0) is 7.33. The third-order valence-corrected chi connectivity index (χ3v) is 3.00. The van der Waals surface area contributed by atoms with Gasteiger partial charge in [0.1, 0.15) is 0 Å². The van der Waals surface area contributed by atoms with E-state index in [-0.39, 0.29) is 0 Å². The smallest absolute Gasteiger partial charge is 0.0308 e. The number of rotatable bonds is 4. The van der Waals surface area contributed by atoms with E-state index >= 15 is 0 Å². The van der Waals surface area contributed by atoms with Gasteiger partial charge in [0.2, 0.25) is 0 Å². The average molecular weight is 128 g/mol. The summed E-state index contributed by atoms with van der Waals surface area (Å²) >= 11 is 0. The topological polar surface area (TPSA) is 0 Å². The highest BCUT2D eigenvalue weighted by molar-refractivity contribution is 4.72. The van der Waals surface area contributed by atoms with E-state index in [1.807, 2.05) is 0 Å². The zero-order valence-electron chi connectivity index (χ0n) is 7.33. The monoisotopic (exact) mass is 128 g/mol. The molecule has 0 nitrogen and oxygen atoms in total.